The predicted octanol–water partition coefficient (Wildman–Crippen LogP) is 5.59. The van der Waals surface area contributed by atoms with Gasteiger partial charge in [-0.1, -0.05) is 60.9 Å². The first-order chi connectivity index (χ1) is 9.88. The van der Waals surface area contributed by atoms with E-state index in [1.54, 1.807) is 0 Å². The summed E-state index contributed by atoms with van der Waals surface area (Å²) in [5.74, 6) is 1.26. The molecule has 1 nitrogen and oxygen atoms in total. The van der Waals surface area contributed by atoms with Gasteiger partial charge in [0.05, 0.1) is 6.10 Å². The van der Waals surface area contributed by atoms with Gasteiger partial charge in [0.15, 0.2) is 0 Å². The fraction of sp³-hybridized carbons (Fsp3) is 0.600. The van der Waals surface area contributed by atoms with Crippen LogP contribution in [0.5, 0.6) is 0 Å². The van der Waals surface area contributed by atoms with Crippen LogP contribution < -0.4 is 0 Å². The lowest BCUT2D eigenvalue weighted by Crippen LogP contribution is -2.07. The van der Waals surface area contributed by atoms with E-state index in [1.165, 1.54) is 16.7 Å². The van der Waals surface area contributed by atoms with Crippen molar-refractivity contribution < 1.29 is 5.11 Å². The molecule has 0 fully saturated rings. The van der Waals surface area contributed by atoms with E-state index >= 15 is 0 Å². The molecular formula is C20H32O. The van der Waals surface area contributed by atoms with Crippen molar-refractivity contribution in [1.82, 2.24) is 0 Å². The minimum Gasteiger partial charge on any atom is -0.389 e. The van der Waals surface area contributed by atoms with Crippen LogP contribution in [0.3, 0.4) is 0 Å². The minimum atomic E-state index is -0.345. The van der Waals surface area contributed by atoms with Gasteiger partial charge < -0.3 is 5.11 Å². The Kier molecular flexibility index (Phi) is 7.74. The molecule has 21 heavy (non-hydrogen) atoms. The minimum absolute atomic E-state index is 0.345. The second-order valence-corrected chi connectivity index (χ2v) is 6.82. The quantitative estimate of drug-likeness (QED) is 0.624. The van der Waals surface area contributed by atoms with Crippen molar-refractivity contribution in [2.75, 3.05) is 0 Å². The van der Waals surface area contributed by atoms with Gasteiger partial charge in [-0.05, 0) is 58.3 Å². The van der Waals surface area contributed by atoms with Crippen molar-refractivity contribution in [3.05, 3.63) is 47.1 Å². The third-order valence-electron chi connectivity index (χ3n) is 4.25. The summed E-state index contributed by atoms with van der Waals surface area (Å²) in [6.45, 7) is 11.0. The maximum absolute atomic E-state index is 10.1. The molecule has 118 valence electrons. The zero-order valence-electron chi connectivity index (χ0n) is 14.4. The normalized spacial score (nSPS) is 34.9. The Morgan fingerprint density at radius 1 is 1.10 bits per heavy atom. The van der Waals surface area contributed by atoms with Gasteiger partial charge in [-0.2, -0.15) is 0 Å². The fourth-order valence-corrected chi connectivity index (χ4v) is 2.72. The van der Waals surface area contributed by atoms with Crippen LogP contribution in [-0.2, 0) is 0 Å². The maximum atomic E-state index is 10.1. The zero-order chi connectivity index (χ0) is 15.8. The van der Waals surface area contributed by atoms with Crippen molar-refractivity contribution in [1.29, 1.82) is 0 Å². The van der Waals surface area contributed by atoms with Crippen molar-refractivity contribution >= 4 is 0 Å². The van der Waals surface area contributed by atoms with Gasteiger partial charge in [0.1, 0.15) is 0 Å². The molecule has 1 N–H and O–H groups in total. The summed E-state index contributed by atoms with van der Waals surface area (Å²) in [4.78, 5) is 0. The van der Waals surface area contributed by atoms with Crippen LogP contribution >= 0.6 is 0 Å². The molecule has 0 radical (unpaired) electrons. The molecule has 0 aliphatic heterocycles. The Bertz CT molecular complexity index is 435. The van der Waals surface area contributed by atoms with E-state index in [1.807, 2.05) is 6.08 Å². The van der Waals surface area contributed by atoms with Crippen molar-refractivity contribution in [3.63, 3.8) is 0 Å². The number of rotatable bonds is 1. The summed E-state index contributed by atoms with van der Waals surface area (Å²) < 4.78 is 0. The lowest BCUT2D eigenvalue weighted by Gasteiger charge is -2.18. The smallest absolute Gasteiger partial charge is 0.0760 e. The number of hydrogen-bond donors (Lipinski definition) is 1. The zero-order valence-corrected chi connectivity index (χ0v) is 14.4. The third-order valence-corrected chi connectivity index (χ3v) is 4.25. The molecule has 0 saturated carbocycles. The van der Waals surface area contributed by atoms with Gasteiger partial charge in [-0.15, -0.1) is 0 Å². The van der Waals surface area contributed by atoms with Crippen molar-refractivity contribution in [2.24, 2.45) is 11.8 Å². The maximum Gasteiger partial charge on any atom is 0.0760 e. The van der Waals surface area contributed by atoms with Gasteiger partial charge in [-0.3, -0.25) is 0 Å². The first kappa shape index (κ1) is 18.0. The van der Waals surface area contributed by atoms with E-state index in [9.17, 15) is 5.11 Å². The number of aliphatic hydroxyl groups is 1. The van der Waals surface area contributed by atoms with Gasteiger partial charge in [0.2, 0.25) is 0 Å². The monoisotopic (exact) mass is 288 g/mol. The standard InChI is InChI=1S/C20H32O/c1-15(2)19-11-9-16(3)7-6-8-17(4)13-20(21)14-18(5)10-12-19/h7-9,11,14-15,19-21H,6,10,12-13H2,1-5H3/b11-9+,16-7-,17-8+,18-14+/t19-,20-/m0/s1. The SMILES string of the molecule is CC1=C/C/C=C(\C)C[C@H](O)/C=C(\C)CC[C@@H](C(C)C)\C=C\1. The van der Waals surface area contributed by atoms with Gasteiger partial charge in [0, 0.05) is 0 Å². The molecule has 0 bridgehead atoms. The molecule has 0 spiro atoms. The number of allylic oxidation sites excluding steroid dienone is 6. The van der Waals surface area contributed by atoms with Crippen molar-refractivity contribution in [2.45, 2.75) is 66.4 Å². The van der Waals surface area contributed by atoms with Crippen LogP contribution in [-0.4, -0.2) is 11.2 Å². The van der Waals surface area contributed by atoms with Crippen LogP contribution in [0.25, 0.3) is 0 Å². The highest BCUT2D eigenvalue weighted by molar-refractivity contribution is 5.19. The van der Waals surface area contributed by atoms with E-state index in [0.717, 1.165) is 25.7 Å². The van der Waals surface area contributed by atoms with Crippen LogP contribution in [0.15, 0.2) is 47.1 Å². The topological polar surface area (TPSA) is 20.2 Å². The first-order valence-electron chi connectivity index (χ1n) is 8.24. The molecule has 0 amide bonds. The van der Waals surface area contributed by atoms with Crippen LogP contribution in [0, 0.1) is 11.8 Å². The average Bonchev–Trinajstić information content (AvgIpc) is 2.36. The highest BCUT2D eigenvalue weighted by Crippen LogP contribution is 2.23. The number of hydrogen-bond acceptors (Lipinski definition) is 1. The molecular weight excluding hydrogens is 256 g/mol. The van der Waals surface area contributed by atoms with E-state index < -0.39 is 0 Å². The molecule has 0 heterocycles. The molecule has 0 saturated heterocycles. The lowest BCUT2D eigenvalue weighted by atomic mass is 9.88. The molecule has 1 aliphatic carbocycles. The Morgan fingerprint density at radius 3 is 2.48 bits per heavy atom. The molecule has 1 aliphatic rings. The van der Waals surface area contributed by atoms with Crippen LogP contribution in [0.2, 0.25) is 0 Å². The molecule has 0 aromatic heterocycles. The first-order valence-corrected chi connectivity index (χ1v) is 8.24. The summed E-state index contributed by atoms with van der Waals surface area (Å²) >= 11 is 0. The second-order valence-electron chi connectivity index (χ2n) is 6.82. The Hall–Kier alpha value is -1.08. The molecule has 0 aromatic rings. The highest BCUT2D eigenvalue weighted by Gasteiger charge is 2.11. The van der Waals surface area contributed by atoms with E-state index in [2.05, 4.69) is 58.9 Å². The Labute approximate surface area is 131 Å². The molecule has 0 aromatic carbocycles. The summed E-state index contributed by atoms with van der Waals surface area (Å²) in [6, 6.07) is 0. The summed E-state index contributed by atoms with van der Waals surface area (Å²) in [5, 5.41) is 10.1. The molecule has 0 unspecified atom stereocenters. The summed E-state index contributed by atoms with van der Waals surface area (Å²) in [6.07, 6.45) is 14.7. The van der Waals surface area contributed by atoms with E-state index in [4.69, 9.17) is 0 Å². The summed E-state index contributed by atoms with van der Waals surface area (Å²) in [5.41, 5.74) is 3.89. The second kappa shape index (κ2) is 9.04. The lowest BCUT2D eigenvalue weighted by molar-refractivity contribution is 0.222. The number of aliphatic hydroxyl groups excluding tert-OH is 1. The Morgan fingerprint density at radius 2 is 1.81 bits per heavy atom. The Balaban J connectivity index is 2.94. The van der Waals surface area contributed by atoms with Gasteiger partial charge in [0.25, 0.3) is 0 Å². The van der Waals surface area contributed by atoms with E-state index in [0.29, 0.717) is 11.8 Å². The van der Waals surface area contributed by atoms with Gasteiger partial charge in [-0.25, -0.2) is 0 Å². The average molecular weight is 288 g/mol. The molecule has 1 heteroatoms. The van der Waals surface area contributed by atoms with E-state index in [-0.39, 0.29) is 6.10 Å². The molecule has 2 atom stereocenters. The summed E-state index contributed by atoms with van der Waals surface area (Å²) in [7, 11) is 0. The molecule has 1 rings (SSSR count). The van der Waals surface area contributed by atoms with Crippen LogP contribution in [0.4, 0.5) is 0 Å². The third kappa shape index (κ3) is 7.47. The largest absolute Gasteiger partial charge is 0.389 e. The fourth-order valence-electron chi connectivity index (χ4n) is 2.72. The van der Waals surface area contributed by atoms with Gasteiger partial charge >= 0.3 is 0 Å². The van der Waals surface area contributed by atoms with Crippen molar-refractivity contribution in [3.8, 4) is 0 Å². The van der Waals surface area contributed by atoms with Crippen LogP contribution in [0.1, 0.15) is 60.3 Å². The predicted molar refractivity (Wildman–Crippen MR) is 93.2 cm³/mol. The highest BCUT2D eigenvalue weighted by atomic mass is 16.3.